The molecule has 0 aliphatic carbocycles. The number of rotatable bonds is 16. The fraction of sp³-hybridized carbons (Fsp3) is 0.952. The average molecular weight is 359 g/mol. The lowest BCUT2D eigenvalue weighted by Crippen LogP contribution is -2.22. The van der Waals surface area contributed by atoms with Crippen LogP contribution in [0.3, 0.4) is 0 Å². The van der Waals surface area contributed by atoms with Crippen molar-refractivity contribution in [2.24, 2.45) is 0 Å². The third-order valence-corrected chi connectivity index (χ3v) is 4.08. The zero-order valence-corrected chi connectivity index (χ0v) is 17.2. The molecule has 0 aliphatic rings. The van der Waals surface area contributed by atoms with Crippen LogP contribution in [0.2, 0.25) is 0 Å². The van der Waals surface area contributed by atoms with E-state index in [9.17, 15) is 4.79 Å². The molecule has 0 fully saturated rings. The van der Waals surface area contributed by atoms with Gasteiger partial charge in [-0.3, -0.25) is 4.89 Å². The third kappa shape index (κ3) is 21.2. The highest BCUT2D eigenvalue weighted by Crippen LogP contribution is 2.13. The summed E-state index contributed by atoms with van der Waals surface area (Å²) >= 11 is 0. The van der Waals surface area contributed by atoms with Crippen LogP contribution in [0.1, 0.15) is 118 Å². The van der Waals surface area contributed by atoms with Gasteiger partial charge in [0.05, 0.1) is 6.61 Å². The Labute approximate surface area is 155 Å². The second kappa shape index (κ2) is 16.7. The second-order valence-corrected chi connectivity index (χ2v) is 7.97. The number of hydrogen-bond acceptors (Lipinski definition) is 4. The van der Waals surface area contributed by atoms with Crippen LogP contribution >= 0.6 is 0 Å². The topological polar surface area (TPSA) is 44.8 Å². The van der Waals surface area contributed by atoms with Crippen molar-refractivity contribution in [1.82, 2.24) is 0 Å². The highest BCUT2D eigenvalue weighted by molar-refractivity contribution is 5.58. The molecule has 25 heavy (non-hydrogen) atoms. The van der Waals surface area contributed by atoms with Crippen molar-refractivity contribution in [3.05, 3.63) is 0 Å². The molecular formula is C21H42O4. The molecular weight excluding hydrogens is 316 g/mol. The van der Waals surface area contributed by atoms with E-state index in [-0.39, 0.29) is 0 Å². The van der Waals surface area contributed by atoms with E-state index in [2.05, 4.69) is 11.8 Å². The van der Waals surface area contributed by atoms with E-state index >= 15 is 0 Å². The Kier molecular flexibility index (Phi) is 16.2. The zero-order valence-electron chi connectivity index (χ0n) is 17.2. The van der Waals surface area contributed by atoms with E-state index in [1.165, 1.54) is 77.0 Å². The Morgan fingerprint density at radius 2 is 1.08 bits per heavy atom. The first-order valence-corrected chi connectivity index (χ1v) is 10.5. The van der Waals surface area contributed by atoms with Crippen LogP contribution < -0.4 is 0 Å². The van der Waals surface area contributed by atoms with Crippen molar-refractivity contribution >= 4 is 6.16 Å². The van der Waals surface area contributed by atoms with Crippen molar-refractivity contribution in [2.75, 3.05) is 6.61 Å². The second-order valence-electron chi connectivity index (χ2n) is 7.97. The Morgan fingerprint density at radius 3 is 1.48 bits per heavy atom. The summed E-state index contributed by atoms with van der Waals surface area (Å²) in [7, 11) is 0. The molecule has 0 aromatic carbocycles. The van der Waals surface area contributed by atoms with E-state index < -0.39 is 11.8 Å². The Hall–Kier alpha value is -0.770. The molecule has 0 heterocycles. The van der Waals surface area contributed by atoms with E-state index in [0.717, 1.165) is 12.8 Å². The Morgan fingerprint density at radius 1 is 0.680 bits per heavy atom. The summed E-state index contributed by atoms with van der Waals surface area (Å²) in [5.74, 6) is 0. The molecule has 0 bridgehead atoms. The predicted molar refractivity (Wildman–Crippen MR) is 104 cm³/mol. The first kappa shape index (κ1) is 24.2. The molecule has 0 aromatic rings. The van der Waals surface area contributed by atoms with Gasteiger partial charge in [-0.05, 0) is 27.2 Å². The van der Waals surface area contributed by atoms with Gasteiger partial charge in [-0.15, -0.1) is 0 Å². The summed E-state index contributed by atoms with van der Waals surface area (Å²) in [6, 6.07) is 0. The monoisotopic (exact) mass is 358 g/mol. The molecule has 0 amide bonds. The van der Waals surface area contributed by atoms with Gasteiger partial charge in [-0.1, -0.05) is 90.4 Å². The van der Waals surface area contributed by atoms with Gasteiger partial charge in [0.15, 0.2) is 0 Å². The first-order chi connectivity index (χ1) is 12.0. The van der Waals surface area contributed by atoms with Crippen LogP contribution in [-0.4, -0.2) is 18.4 Å². The number of hydrogen-bond donors (Lipinski definition) is 0. The maximum absolute atomic E-state index is 11.3. The van der Waals surface area contributed by atoms with Gasteiger partial charge in [0, 0.05) is 0 Å². The molecule has 0 radical (unpaired) electrons. The zero-order chi connectivity index (χ0) is 18.8. The lowest BCUT2D eigenvalue weighted by molar-refractivity contribution is -0.312. The Bertz CT molecular complexity index is 297. The normalized spacial score (nSPS) is 11.5. The molecule has 0 atom stereocenters. The lowest BCUT2D eigenvalue weighted by atomic mass is 10.0. The number of carbonyl (C=O) groups is 1. The summed E-state index contributed by atoms with van der Waals surface area (Å²) in [6.07, 6.45) is 17.6. The summed E-state index contributed by atoms with van der Waals surface area (Å²) in [5, 5.41) is 0. The molecule has 0 N–H and O–H groups in total. The lowest BCUT2D eigenvalue weighted by Gasteiger charge is -2.16. The van der Waals surface area contributed by atoms with E-state index in [4.69, 9.17) is 9.62 Å². The average Bonchev–Trinajstić information content (AvgIpc) is 2.56. The summed E-state index contributed by atoms with van der Waals surface area (Å²) in [6.45, 7) is 8.12. The minimum Gasteiger partial charge on any atom is -0.432 e. The minimum atomic E-state index is -0.746. The van der Waals surface area contributed by atoms with Crippen molar-refractivity contribution in [3.63, 3.8) is 0 Å². The van der Waals surface area contributed by atoms with Crippen molar-refractivity contribution in [1.29, 1.82) is 0 Å². The maximum Gasteiger partial charge on any atom is 0.540 e. The van der Waals surface area contributed by atoms with Gasteiger partial charge < -0.3 is 4.74 Å². The fourth-order valence-electron chi connectivity index (χ4n) is 2.64. The smallest absolute Gasteiger partial charge is 0.432 e. The number of carbonyl (C=O) groups excluding carboxylic acids is 1. The van der Waals surface area contributed by atoms with E-state index in [1.807, 2.05) is 20.8 Å². The number of unbranched alkanes of at least 4 members (excludes halogenated alkanes) is 13. The Balaban J connectivity index is 3.15. The third-order valence-electron chi connectivity index (χ3n) is 4.08. The SMILES string of the molecule is CCCCCCCCCCCCCCCCOC(=O)OOC(C)(C)C. The minimum absolute atomic E-state index is 0.407. The summed E-state index contributed by atoms with van der Waals surface area (Å²) in [4.78, 5) is 20.7. The van der Waals surface area contributed by atoms with Crippen LogP contribution in [0.15, 0.2) is 0 Å². The van der Waals surface area contributed by atoms with Crippen molar-refractivity contribution in [3.8, 4) is 0 Å². The van der Waals surface area contributed by atoms with Crippen LogP contribution in [0.25, 0.3) is 0 Å². The van der Waals surface area contributed by atoms with Gasteiger partial charge >= 0.3 is 6.16 Å². The fourth-order valence-corrected chi connectivity index (χ4v) is 2.64. The molecule has 0 unspecified atom stereocenters. The van der Waals surface area contributed by atoms with Crippen LogP contribution in [0.5, 0.6) is 0 Å². The largest absolute Gasteiger partial charge is 0.540 e. The van der Waals surface area contributed by atoms with Crippen LogP contribution in [0.4, 0.5) is 4.79 Å². The molecule has 0 aromatic heterocycles. The quantitative estimate of drug-likeness (QED) is 0.125. The van der Waals surface area contributed by atoms with E-state index in [1.54, 1.807) is 0 Å². The van der Waals surface area contributed by atoms with E-state index in [0.29, 0.717) is 6.61 Å². The molecule has 0 rings (SSSR count). The van der Waals surface area contributed by atoms with Gasteiger partial charge in [0.2, 0.25) is 0 Å². The van der Waals surface area contributed by atoms with Crippen LogP contribution in [-0.2, 0) is 14.5 Å². The molecule has 0 aliphatic heterocycles. The standard InChI is InChI=1S/C21H42O4/c1-5-6-7-8-9-10-11-12-13-14-15-16-17-18-19-23-20(22)24-25-21(2,3)4/h5-19H2,1-4H3. The van der Waals surface area contributed by atoms with Crippen molar-refractivity contribution < 1.29 is 19.3 Å². The summed E-state index contributed by atoms with van der Waals surface area (Å²) in [5.41, 5.74) is -0.506. The van der Waals surface area contributed by atoms with Gasteiger partial charge in [0.25, 0.3) is 0 Å². The van der Waals surface area contributed by atoms with Crippen LogP contribution in [0, 0.1) is 0 Å². The number of ether oxygens (including phenoxy) is 1. The van der Waals surface area contributed by atoms with Gasteiger partial charge in [-0.2, -0.15) is 4.89 Å². The molecule has 150 valence electrons. The molecule has 4 heteroatoms. The highest BCUT2D eigenvalue weighted by Gasteiger charge is 2.15. The molecule has 0 spiro atoms. The molecule has 0 saturated carbocycles. The molecule has 0 saturated heterocycles. The first-order valence-electron chi connectivity index (χ1n) is 10.5. The van der Waals surface area contributed by atoms with Crippen molar-refractivity contribution in [2.45, 2.75) is 123 Å². The molecule has 4 nitrogen and oxygen atoms in total. The predicted octanol–water partition coefficient (Wildman–Crippen LogP) is 7.35. The highest BCUT2D eigenvalue weighted by atomic mass is 17.2. The van der Waals surface area contributed by atoms with Gasteiger partial charge in [0.1, 0.15) is 5.60 Å². The maximum atomic E-state index is 11.3. The van der Waals surface area contributed by atoms with Gasteiger partial charge in [-0.25, -0.2) is 4.79 Å². The summed E-state index contributed by atoms with van der Waals surface area (Å²) < 4.78 is 4.96.